The summed E-state index contributed by atoms with van der Waals surface area (Å²) in [5, 5.41) is 23.6. The fourth-order valence-electron chi connectivity index (χ4n) is 6.84. The molecule has 8 heteroatoms. The highest BCUT2D eigenvalue weighted by Gasteiger charge is 2.28. The van der Waals surface area contributed by atoms with Crippen molar-refractivity contribution in [1.29, 1.82) is 0 Å². The van der Waals surface area contributed by atoms with Crippen molar-refractivity contribution in [2.75, 3.05) is 5.75 Å². The molecule has 3 atom stereocenters. The van der Waals surface area contributed by atoms with Gasteiger partial charge in [0.15, 0.2) is 0 Å². The van der Waals surface area contributed by atoms with Crippen molar-refractivity contribution in [3.8, 4) is 0 Å². The highest BCUT2D eigenvalue weighted by molar-refractivity contribution is 7.85. The minimum absolute atomic E-state index is 0.286. The van der Waals surface area contributed by atoms with E-state index < -0.39 is 40.0 Å². The SMILES string of the molecule is CCCCCCCCCCC/C=C\C/C=C\CCCCCCCCC(O)C(=O)NC(CS(=O)(=O)O)C(O)CCCCCCCCCCCCCCC. The maximum atomic E-state index is 12.6. The lowest BCUT2D eigenvalue weighted by Crippen LogP contribution is -2.50. The van der Waals surface area contributed by atoms with Crippen LogP contribution in [0.1, 0.15) is 226 Å². The Hall–Kier alpha value is -1.22. The van der Waals surface area contributed by atoms with E-state index in [2.05, 4.69) is 43.5 Å². The molecule has 0 radical (unpaired) electrons. The molecule has 0 aromatic carbocycles. The summed E-state index contributed by atoms with van der Waals surface area (Å²) in [7, 11) is -4.41. The zero-order valence-corrected chi connectivity index (χ0v) is 34.9. The van der Waals surface area contributed by atoms with Gasteiger partial charge in [0.2, 0.25) is 5.91 Å². The second-order valence-corrected chi connectivity index (χ2v) is 17.0. The average Bonchev–Trinajstić information content (AvgIpc) is 3.11. The monoisotopic (exact) mass is 756 g/mol. The topological polar surface area (TPSA) is 124 Å². The molecule has 0 heterocycles. The van der Waals surface area contributed by atoms with Crippen molar-refractivity contribution in [3.63, 3.8) is 0 Å². The molecule has 0 spiro atoms. The summed E-state index contributed by atoms with van der Waals surface area (Å²) >= 11 is 0. The van der Waals surface area contributed by atoms with Gasteiger partial charge >= 0.3 is 0 Å². The lowest BCUT2D eigenvalue weighted by Gasteiger charge is -2.24. The lowest BCUT2D eigenvalue weighted by atomic mass is 10.0. The Morgan fingerprint density at radius 2 is 0.865 bits per heavy atom. The quantitative estimate of drug-likeness (QED) is 0.0280. The molecule has 0 bridgehead atoms. The number of hydrogen-bond donors (Lipinski definition) is 4. The van der Waals surface area contributed by atoms with Gasteiger partial charge in [-0.05, 0) is 44.9 Å². The normalized spacial score (nSPS) is 14.0. The van der Waals surface area contributed by atoms with Crippen LogP contribution in [0.15, 0.2) is 24.3 Å². The van der Waals surface area contributed by atoms with Crippen molar-refractivity contribution in [2.24, 2.45) is 0 Å². The Morgan fingerprint density at radius 3 is 1.25 bits per heavy atom. The first-order valence-corrected chi connectivity index (χ1v) is 23.7. The summed E-state index contributed by atoms with van der Waals surface area (Å²) in [6, 6.07) is -1.15. The first-order chi connectivity index (χ1) is 25.2. The van der Waals surface area contributed by atoms with Gasteiger partial charge in [-0.15, -0.1) is 0 Å². The first-order valence-electron chi connectivity index (χ1n) is 22.1. The molecule has 0 aliphatic heterocycles. The van der Waals surface area contributed by atoms with E-state index in [4.69, 9.17) is 0 Å². The molecule has 1 amide bonds. The van der Waals surface area contributed by atoms with Crippen molar-refractivity contribution in [3.05, 3.63) is 24.3 Å². The van der Waals surface area contributed by atoms with Crippen molar-refractivity contribution < 1.29 is 28.0 Å². The minimum Gasteiger partial charge on any atom is -0.391 e. The molecular formula is C44H85NO6S. The van der Waals surface area contributed by atoms with Crippen LogP contribution in [0.25, 0.3) is 0 Å². The summed E-state index contributed by atoms with van der Waals surface area (Å²) in [5.41, 5.74) is 0. The Bertz CT molecular complexity index is 937. The van der Waals surface area contributed by atoms with Crippen molar-refractivity contribution in [1.82, 2.24) is 5.32 Å². The van der Waals surface area contributed by atoms with Crippen LogP contribution >= 0.6 is 0 Å². The molecule has 0 fully saturated rings. The molecule has 0 aliphatic carbocycles. The molecule has 0 aliphatic rings. The molecule has 308 valence electrons. The van der Waals surface area contributed by atoms with E-state index in [1.165, 1.54) is 128 Å². The Kier molecular flexibility index (Phi) is 37.2. The van der Waals surface area contributed by atoms with Gasteiger partial charge in [-0.2, -0.15) is 8.42 Å². The first kappa shape index (κ1) is 50.8. The van der Waals surface area contributed by atoms with Gasteiger partial charge in [-0.1, -0.05) is 205 Å². The van der Waals surface area contributed by atoms with E-state index in [1.54, 1.807) is 0 Å². The van der Waals surface area contributed by atoms with Crippen LogP contribution in [0.3, 0.4) is 0 Å². The highest BCUT2D eigenvalue weighted by atomic mass is 32.2. The van der Waals surface area contributed by atoms with Crippen LogP contribution in [-0.2, 0) is 14.9 Å². The van der Waals surface area contributed by atoms with Crippen molar-refractivity contribution in [2.45, 2.75) is 244 Å². The number of nitrogens with one attached hydrogen (secondary N) is 1. The maximum absolute atomic E-state index is 12.6. The number of carbonyl (C=O) groups excluding carboxylic acids is 1. The van der Waals surface area contributed by atoms with E-state index in [-0.39, 0.29) is 6.42 Å². The maximum Gasteiger partial charge on any atom is 0.266 e. The summed E-state index contributed by atoms with van der Waals surface area (Å²) in [5.74, 6) is -1.46. The van der Waals surface area contributed by atoms with Crippen LogP contribution in [0.4, 0.5) is 0 Å². The average molecular weight is 756 g/mol. The molecule has 0 aromatic heterocycles. The summed E-state index contributed by atoms with van der Waals surface area (Å²) < 4.78 is 32.6. The van der Waals surface area contributed by atoms with Gasteiger partial charge in [-0.25, -0.2) is 0 Å². The molecule has 0 rings (SSSR count). The number of amides is 1. The zero-order valence-electron chi connectivity index (χ0n) is 34.1. The standard InChI is InChI=1S/C44H85NO6S/c1-3-5-7-9-11-13-15-17-18-19-20-21-22-23-24-25-27-29-31-33-35-37-39-43(47)44(48)45-41(40-52(49,50)51)42(46)38-36-34-32-30-28-26-16-14-12-10-8-6-4-2/h20-21,23-24,41-43,46-47H,3-19,22,25-40H2,1-2H3,(H,45,48)(H,49,50,51)/b21-20-,24-23-. The predicted octanol–water partition coefficient (Wildman–Crippen LogP) is 12.1. The molecule has 3 unspecified atom stereocenters. The highest BCUT2D eigenvalue weighted by Crippen LogP contribution is 2.16. The fourth-order valence-corrected chi connectivity index (χ4v) is 7.60. The number of hydrogen-bond acceptors (Lipinski definition) is 5. The smallest absolute Gasteiger partial charge is 0.266 e. The van der Waals surface area contributed by atoms with Gasteiger partial charge < -0.3 is 15.5 Å². The third kappa shape index (κ3) is 37.1. The number of allylic oxidation sites excluding steroid dienone is 4. The number of rotatable bonds is 40. The molecule has 0 saturated carbocycles. The third-order valence-corrected chi connectivity index (χ3v) is 11.0. The summed E-state index contributed by atoms with van der Waals surface area (Å²) in [6.45, 7) is 4.51. The number of aliphatic hydroxyl groups excluding tert-OH is 2. The Labute approximate surface area is 322 Å². The van der Waals surface area contributed by atoms with Gasteiger partial charge in [0, 0.05) is 0 Å². The van der Waals surface area contributed by atoms with E-state index in [0.29, 0.717) is 19.3 Å². The summed E-state index contributed by atoms with van der Waals surface area (Å²) in [6.07, 6.45) is 44.8. The molecule has 0 aromatic rings. The van der Waals surface area contributed by atoms with E-state index in [0.717, 1.165) is 57.8 Å². The molecule has 52 heavy (non-hydrogen) atoms. The number of carbonyl (C=O) groups is 1. The van der Waals surface area contributed by atoms with Gasteiger partial charge in [0.1, 0.15) is 6.10 Å². The van der Waals surface area contributed by atoms with Crippen LogP contribution < -0.4 is 5.32 Å². The largest absolute Gasteiger partial charge is 0.391 e. The van der Waals surface area contributed by atoms with E-state index >= 15 is 0 Å². The van der Waals surface area contributed by atoms with Crippen LogP contribution in [0.2, 0.25) is 0 Å². The van der Waals surface area contributed by atoms with Crippen molar-refractivity contribution >= 4 is 16.0 Å². The number of unbranched alkanes of at least 4 members (excludes halogenated alkanes) is 27. The Balaban J connectivity index is 3.93. The molecule has 7 nitrogen and oxygen atoms in total. The van der Waals surface area contributed by atoms with Crippen LogP contribution in [0, 0.1) is 0 Å². The van der Waals surface area contributed by atoms with E-state index in [9.17, 15) is 28.0 Å². The van der Waals surface area contributed by atoms with E-state index in [1.807, 2.05) is 0 Å². The Morgan fingerprint density at radius 1 is 0.519 bits per heavy atom. The predicted molar refractivity (Wildman–Crippen MR) is 222 cm³/mol. The number of aliphatic hydroxyl groups is 2. The molecule has 4 N–H and O–H groups in total. The third-order valence-electron chi connectivity index (χ3n) is 10.3. The minimum atomic E-state index is -4.41. The second kappa shape index (κ2) is 38.1. The lowest BCUT2D eigenvalue weighted by molar-refractivity contribution is -0.131. The summed E-state index contributed by atoms with van der Waals surface area (Å²) in [4.78, 5) is 12.6. The van der Waals surface area contributed by atoms with Gasteiger partial charge in [0.05, 0.1) is 17.9 Å². The van der Waals surface area contributed by atoms with Crippen LogP contribution in [-0.4, -0.2) is 53.1 Å². The fraction of sp³-hybridized carbons (Fsp3) is 0.886. The molecule has 0 saturated heterocycles. The zero-order chi connectivity index (χ0) is 38.4. The van der Waals surface area contributed by atoms with Gasteiger partial charge in [0.25, 0.3) is 10.1 Å². The van der Waals surface area contributed by atoms with Crippen LogP contribution in [0.5, 0.6) is 0 Å². The van der Waals surface area contributed by atoms with Gasteiger partial charge in [-0.3, -0.25) is 9.35 Å². The molecular weight excluding hydrogens is 671 g/mol. The second-order valence-electron chi connectivity index (χ2n) is 15.5.